The van der Waals surface area contributed by atoms with E-state index in [0.717, 1.165) is 15.8 Å². The van der Waals surface area contributed by atoms with E-state index in [2.05, 4.69) is 20.9 Å². The highest BCUT2D eigenvalue weighted by molar-refractivity contribution is 9.10. The molecule has 2 aromatic carbocycles. The molecule has 0 bridgehead atoms. The number of halogens is 1. The molecule has 3 rings (SSSR count). The molecule has 0 unspecified atom stereocenters. The monoisotopic (exact) mass is 387 g/mol. The van der Waals surface area contributed by atoms with Gasteiger partial charge in [0.05, 0.1) is 14.2 Å². The molecule has 0 saturated heterocycles. The number of esters is 1. The van der Waals surface area contributed by atoms with Crippen molar-refractivity contribution in [2.45, 2.75) is 0 Å². The van der Waals surface area contributed by atoms with Crippen LogP contribution in [0.3, 0.4) is 0 Å². The lowest BCUT2D eigenvalue weighted by molar-refractivity contribution is -0.129. The number of ether oxygens (including phenoxy) is 3. The van der Waals surface area contributed by atoms with Crippen molar-refractivity contribution < 1.29 is 19.0 Å². The molecule has 0 aromatic heterocycles. The van der Waals surface area contributed by atoms with Crippen molar-refractivity contribution in [3.05, 3.63) is 63.8 Å². The number of methoxy groups -OCH3 is 2. The molecular weight excluding hydrogens is 374 g/mol. The molecule has 0 amide bonds. The fourth-order valence-corrected chi connectivity index (χ4v) is 2.61. The lowest BCUT2D eigenvalue weighted by Gasteiger charge is -2.04. The van der Waals surface area contributed by atoms with Crippen molar-refractivity contribution in [1.29, 1.82) is 0 Å². The summed E-state index contributed by atoms with van der Waals surface area (Å²) in [6.45, 7) is 0. The van der Waals surface area contributed by atoms with Gasteiger partial charge in [-0.05, 0) is 48.5 Å². The molecule has 0 spiro atoms. The second-order valence-electron chi connectivity index (χ2n) is 4.95. The molecule has 5 nitrogen and oxygen atoms in total. The maximum absolute atomic E-state index is 12.1. The van der Waals surface area contributed by atoms with E-state index in [-0.39, 0.29) is 11.6 Å². The molecule has 1 aliphatic heterocycles. The molecule has 2 aromatic rings. The van der Waals surface area contributed by atoms with E-state index >= 15 is 0 Å². The van der Waals surface area contributed by atoms with Crippen molar-refractivity contribution in [1.82, 2.24) is 0 Å². The highest BCUT2D eigenvalue weighted by Crippen LogP contribution is 2.27. The largest absolute Gasteiger partial charge is 0.497 e. The third-order valence-corrected chi connectivity index (χ3v) is 3.93. The first kappa shape index (κ1) is 16.3. The molecule has 6 heteroatoms. The first-order valence-electron chi connectivity index (χ1n) is 7.11. The molecule has 24 heavy (non-hydrogen) atoms. The molecule has 0 fully saturated rings. The first-order valence-corrected chi connectivity index (χ1v) is 7.90. The van der Waals surface area contributed by atoms with Crippen molar-refractivity contribution in [3.63, 3.8) is 0 Å². The van der Waals surface area contributed by atoms with Crippen molar-refractivity contribution in [3.8, 4) is 11.5 Å². The van der Waals surface area contributed by atoms with Gasteiger partial charge >= 0.3 is 5.97 Å². The van der Waals surface area contributed by atoms with E-state index in [0.29, 0.717) is 11.3 Å². The number of carbonyl (C=O) groups is 1. The van der Waals surface area contributed by atoms with Crippen LogP contribution < -0.4 is 9.47 Å². The summed E-state index contributed by atoms with van der Waals surface area (Å²) in [4.78, 5) is 16.4. The van der Waals surface area contributed by atoms with Gasteiger partial charge in [-0.2, -0.15) is 0 Å². The van der Waals surface area contributed by atoms with Gasteiger partial charge in [0.2, 0.25) is 5.90 Å². The van der Waals surface area contributed by atoms with Crippen LogP contribution in [0.25, 0.3) is 6.08 Å². The van der Waals surface area contributed by atoms with Crippen LogP contribution in [0, 0.1) is 0 Å². The Morgan fingerprint density at radius 2 is 1.83 bits per heavy atom. The maximum atomic E-state index is 12.1. The summed E-state index contributed by atoms with van der Waals surface area (Å²) < 4.78 is 16.6. The van der Waals surface area contributed by atoms with Crippen LogP contribution in [0.4, 0.5) is 0 Å². The Kier molecular flexibility index (Phi) is 4.66. The zero-order chi connectivity index (χ0) is 17.1. The van der Waals surface area contributed by atoms with Crippen molar-refractivity contribution in [2.24, 2.45) is 4.99 Å². The van der Waals surface area contributed by atoms with Crippen LogP contribution in [0.15, 0.2) is 57.6 Å². The molecular formula is C18H14BrNO4. The number of hydrogen-bond acceptors (Lipinski definition) is 5. The molecule has 0 N–H and O–H groups in total. The third-order valence-electron chi connectivity index (χ3n) is 3.44. The fraction of sp³-hybridized carbons (Fsp3) is 0.111. The SMILES string of the molecule is COc1ccc(C2=N/C(=C\c3cc(Br)ccc3OC)C(=O)O2)cc1. The number of aliphatic imine (C=N–C) groups is 1. The highest BCUT2D eigenvalue weighted by atomic mass is 79.9. The summed E-state index contributed by atoms with van der Waals surface area (Å²) in [7, 11) is 3.17. The number of rotatable bonds is 4. The van der Waals surface area contributed by atoms with E-state index in [1.54, 1.807) is 44.6 Å². The number of cyclic esters (lactones) is 1. The van der Waals surface area contributed by atoms with E-state index in [4.69, 9.17) is 14.2 Å². The third kappa shape index (κ3) is 3.33. The van der Waals surface area contributed by atoms with Gasteiger partial charge in [-0.1, -0.05) is 15.9 Å². The topological polar surface area (TPSA) is 57.1 Å². The summed E-state index contributed by atoms with van der Waals surface area (Å²) in [5.41, 5.74) is 1.66. The zero-order valence-corrected chi connectivity index (χ0v) is 14.7. The fourth-order valence-electron chi connectivity index (χ4n) is 2.23. The average Bonchev–Trinajstić information content (AvgIpc) is 2.96. The van der Waals surface area contributed by atoms with E-state index in [1.165, 1.54) is 0 Å². The van der Waals surface area contributed by atoms with Crippen LogP contribution >= 0.6 is 15.9 Å². The summed E-state index contributed by atoms with van der Waals surface area (Å²) >= 11 is 3.40. The average molecular weight is 388 g/mol. The lowest BCUT2D eigenvalue weighted by atomic mass is 10.1. The Morgan fingerprint density at radius 1 is 1.08 bits per heavy atom. The Morgan fingerprint density at radius 3 is 2.50 bits per heavy atom. The van der Waals surface area contributed by atoms with Gasteiger partial charge in [0.1, 0.15) is 11.5 Å². The lowest BCUT2D eigenvalue weighted by Crippen LogP contribution is -2.05. The van der Waals surface area contributed by atoms with Crippen LogP contribution in [0.5, 0.6) is 11.5 Å². The van der Waals surface area contributed by atoms with Gasteiger partial charge in [-0.3, -0.25) is 0 Å². The number of hydrogen-bond donors (Lipinski definition) is 0. The Labute approximate surface area is 147 Å². The molecule has 0 radical (unpaired) electrons. The summed E-state index contributed by atoms with van der Waals surface area (Å²) in [6, 6.07) is 12.7. The number of nitrogens with zero attached hydrogens (tertiary/aromatic N) is 1. The van der Waals surface area contributed by atoms with E-state index in [1.807, 2.05) is 18.2 Å². The standard InChI is InChI=1S/C18H14BrNO4/c1-22-14-6-3-11(4-7-14)17-20-15(18(21)24-17)10-12-9-13(19)5-8-16(12)23-2/h3-10H,1-2H3/b15-10-. The van der Waals surface area contributed by atoms with Crippen LogP contribution in [0.1, 0.15) is 11.1 Å². The molecule has 0 aliphatic carbocycles. The molecule has 0 atom stereocenters. The van der Waals surface area contributed by atoms with Gasteiger partial charge in [-0.25, -0.2) is 9.79 Å². The smallest absolute Gasteiger partial charge is 0.363 e. The Bertz CT molecular complexity index is 841. The van der Waals surface area contributed by atoms with E-state index in [9.17, 15) is 4.79 Å². The van der Waals surface area contributed by atoms with Gasteiger partial charge in [0.25, 0.3) is 0 Å². The quantitative estimate of drug-likeness (QED) is 0.591. The molecule has 1 aliphatic rings. The maximum Gasteiger partial charge on any atom is 0.363 e. The van der Waals surface area contributed by atoms with Crippen molar-refractivity contribution in [2.75, 3.05) is 14.2 Å². The van der Waals surface area contributed by atoms with Crippen LogP contribution in [-0.2, 0) is 9.53 Å². The molecule has 122 valence electrons. The Balaban J connectivity index is 1.95. The summed E-state index contributed by atoms with van der Waals surface area (Å²) in [5, 5.41) is 0. The molecule has 1 heterocycles. The van der Waals surface area contributed by atoms with Crippen LogP contribution in [0.2, 0.25) is 0 Å². The van der Waals surface area contributed by atoms with Crippen molar-refractivity contribution >= 4 is 33.9 Å². The first-order chi connectivity index (χ1) is 11.6. The number of benzene rings is 2. The van der Waals surface area contributed by atoms with Gasteiger partial charge < -0.3 is 14.2 Å². The van der Waals surface area contributed by atoms with Gasteiger partial charge in [-0.15, -0.1) is 0 Å². The molecule has 0 saturated carbocycles. The number of carbonyl (C=O) groups excluding carboxylic acids is 1. The minimum absolute atomic E-state index is 0.220. The van der Waals surface area contributed by atoms with Crippen LogP contribution in [-0.4, -0.2) is 26.1 Å². The second kappa shape index (κ2) is 6.88. The minimum atomic E-state index is -0.497. The van der Waals surface area contributed by atoms with E-state index < -0.39 is 5.97 Å². The summed E-state index contributed by atoms with van der Waals surface area (Å²) in [5.74, 6) is 1.13. The predicted octanol–water partition coefficient (Wildman–Crippen LogP) is 3.81. The highest BCUT2D eigenvalue weighted by Gasteiger charge is 2.24. The second-order valence-corrected chi connectivity index (χ2v) is 5.87. The van der Waals surface area contributed by atoms with Gasteiger partial charge in [0, 0.05) is 15.6 Å². The Hall–Kier alpha value is -2.60. The normalized spacial score (nSPS) is 15.2. The van der Waals surface area contributed by atoms with Gasteiger partial charge in [0.15, 0.2) is 5.70 Å². The zero-order valence-electron chi connectivity index (χ0n) is 13.1. The summed E-state index contributed by atoms with van der Waals surface area (Å²) in [6.07, 6.45) is 1.64. The predicted molar refractivity (Wildman–Crippen MR) is 94.3 cm³/mol. The minimum Gasteiger partial charge on any atom is -0.497 e.